The third-order valence-corrected chi connectivity index (χ3v) is 2.84. The highest BCUT2D eigenvalue weighted by atomic mass is 16.5. The Balaban J connectivity index is 2.64. The van der Waals surface area contributed by atoms with Gasteiger partial charge in [0.25, 0.3) is 0 Å². The van der Waals surface area contributed by atoms with Crippen LogP contribution in [0.4, 0.5) is 0 Å². The molecule has 1 heterocycles. The van der Waals surface area contributed by atoms with Crippen LogP contribution in [-0.4, -0.2) is 28.0 Å². The first-order valence-corrected chi connectivity index (χ1v) is 7.06. The molecule has 0 fully saturated rings. The van der Waals surface area contributed by atoms with Gasteiger partial charge in [0.15, 0.2) is 0 Å². The number of aliphatic hydroxyl groups excluding tert-OH is 1. The molecule has 19 heavy (non-hydrogen) atoms. The number of rotatable bonds is 8. The average molecular weight is 270 g/mol. The molecule has 0 aromatic carbocycles. The van der Waals surface area contributed by atoms with Crippen molar-refractivity contribution in [3.05, 3.63) is 11.7 Å². The Kier molecular flexibility index (Phi) is 6.45. The Labute approximate surface area is 115 Å². The maximum atomic E-state index is 9.87. The summed E-state index contributed by atoms with van der Waals surface area (Å²) < 4.78 is 10.8. The molecule has 0 bridgehead atoms. The van der Waals surface area contributed by atoms with Crippen LogP contribution in [0.25, 0.3) is 0 Å². The lowest BCUT2D eigenvalue weighted by atomic mass is 10.0. The zero-order valence-corrected chi connectivity index (χ0v) is 12.6. The van der Waals surface area contributed by atoms with Crippen molar-refractivity contribution in [1.82, 2.24) is 10.1 Å². The molecule has 5 heteroatoms. The molecule has 0 saturated heterocycles. The van der Waals surface area contributed by atoms with Gasteiger partial charge in [-0.2, -0.15) is 4.98 Å². The van der Waals surface area contributed by atoms with Gasteiger partial charge in [-0.15, -0.1) is 0 Å². The van der Waals surface area contributed by atoms with E-state index in [9.17, 15) is 5.11 Å². The fourth-order valence-electron chi connectivity index (χ4n) is 2.04. The molecule has 110 valence electrons. The summed E-state index contributed by atoms with van der Waals surface area (Å²) in [4.78, 5) is 4.33. The van der Waals surface area contributed by atoms with Crippen molar-refractivity contribution in [3.63, 3.8) is 0 Å². The molecule has 0 spiro atoms. The number of aliphatic hydroxyl groups is 1. The lowest BCUT2D eigenvalue weighted by Gasteiger charge is -2.16. The Bertz CT molecular complexity index is 363. The molecule has 0 aliphatic rings. The second kappa shape index (κ2) is 7.60. The van der Waals surface area contributed by atoms with E-state index in [1.165, 1.54) is 0 Å². The molecule has 1 rings (SSSR count). The third kappa shape index (κ3) is 5.28. The first-order valence-electron chi connectivity index (χ1n) is 7.06. The quantitative estimate of drug-likeness (QED) is 0.786. The van der Waals surface area contributed by atoms with Crippen LogP contribution in [0.3, 0.4) is 0 Å². The van der Waals surface area contributed by atoms with Gasteiger partial charge in [-0.1, -0.05) is 32.9 Å². The highest BCUT2D eigenvalue weighted by molar-refractivity contribution is 4.94. The lowest BCUT2D eigenvalue weighted by molar-refractivity contribution is 0.0217. The van der Waals surface area contributed by atoms with Crippen LogP contribution >= 0.6 is 0 Å². The summed E-state index contributed by atoms with van der Waals surface area (Å²) in [6.07, 6.45) is 0.557. The van der Waals surface area contributed by atoms with E-state index in [1.54, 1.807) is 0 Å². The van der Waals surface area contributed by atoms with Gasteiger partial charge in [0, 0.05) is 6.61 Å². The van der Waals surface area contributed by atoms with E-state index in [1.807, 2.05) is 6.92 Å². The van der Waals surface area contributed by atoms with Gasteiger partial charge >= 0.3 is 0 Å². The summed E-state index contributed by atoms with van der Waals surface area (Å²) in [5.74, 6) is 1.78. The normalized spacial score (nSPS) is 15.2. The maximum absolute atomic E-state index is 9.87. The van der Waals surface area contributed by atoms with Gasteiger partial charge < -0.3 is 14.4 Å². The SMILES string of the molecule is CCOC(c1noc(CC(O)CC(C)C)n1)C(C)C. The molecule has 2 unspecified atom stereocenters. The van der Waals surface area contributed by atoms with Gasteiger partial charge in [0.1, 0.15) is 6.10 Å². The summed E-state index contributed by atoms with van der Waals surface area (Å²) in [6.45, 7) is 10.8. The molecular formula is C14H26N2O3. The van der Waals surface area contributed by atoms with Crippen LogP contribution in [0.2, 0.25) is 0 Å². The van der Waals surface area contributed by atoms with E-state index in [0.29, 0.717) is 30.7 Å². The molecule has 1 aromatic rings. The minimum absolute atomic E-state index is 0.148. The van der Waals surface area contributed by atoms with Crippen LogP contribution in [0.5, 0.6) is 0 Å². The van der Waals surface area contributed by atoms with Crippen molar-refractivity contribution in [2.75, 3.05) is 6.61 Å². The first-order chi connectivity index (χ1) is 8.93. The molecule has 0 aliphatic carbocycles. The minimum atomic E-state index is -0.433. The molecule has 2 atom stereocenters. The van der Waals surface area contributed by atoms with E-state index in [4.69, 9.17) is 9.26 Å². The third-order valence-electron chi connectivity index (χ3n) is 2.84. The number of hydrogen-bond acceptors (Lipinski definition) is 5. The van der Waals surface area contributed by atoms with Crippen molar-refractivity contribution in [3.8, 4) is 0 Å². The van der Waals surface area contributed by atoms with Gasteiger partial charge in [-0.05, 0) is 25.2 Å². The zero-order chi connectivity index (χ0) is 14.4. The molecule has 0 saturated carbocycles. The zero-order valence-electron chi connectivity index (χ0n) is 12.6. The van der Waals surface area contributed by atoms with Crippen molar-refractivity contribution in [1.29, 1.82) is 0 Å². The van der Waals surface area contributed by atoms with E-state index >= 15 is 0 Å². The van der Waals surface area contributed by atoms with Gasteiger partial charge in [0.05, 0.1) is 12.5 Å². The Morgan fingerprint density at radius 1 is 1.26 bits per heavy atom. The van der Waals surface area contributed by atoms with Crippen molar-refractivity contribution in [2.45, 2.75) is 59.7 Å². The molecule has 0 radical (unpaired) electrons. The molecular weight excluding hydrogens is 244 g/mol. The highest BCUT2D eigenvalue weighted by Gasteiger charge is 2.23. The van der Waals surface area contributed by atoms with Crippen LogP contribution in [0.1, 0.15) is 58.9 Å². The molecule has 0 aliphatic heterocycles. The van der Waals surface area contributed by atoms with E-state index in [0.717, 1.165) is 6.42 Å². The summed E-state index contributed by atoms with van der Waals surface area (Å²) >= 11 is 0. The second-order valence-corrected chi connectivity index (χ2v) is 5.65. The van der Waals surface area contributed by atoms with Crippen molar-refractivity contribution >= 4 is 0 Å². The molecule has 5 nitrogen and oxygen atoms in total. The molecule has 0 amide bonds. The van der Waals surface area contributed by atoms with E-state index in [2.05, 4.69) is 37.8 Å². The summed E-state index contributed by atoms with van der Waals surface area (Å²) in [5, 5.41) is 13.8. The van der Waals surface area contributed by atoms with Crippen molar-refractivity contribution in [2.24, 2.45) is 11.8 Å². The van der Waals surface area contributed by atoms with Crippen LogP contribution in [0, 0.1) is 11.8 Å². The summed E-state index contributed by atoms with van der Waals surface area (Å²) in [5.41, 5.74) is 0. The van der Waals surface area contributed by atoms with E-state index < -0.39 is 6.10 Å². The Morgan fingerprint density at radius 3 is 2.47 bits per heavy atom. The van der Waals surface area contributed by atoms with Crippen LogP contribution < -0.4 is 0 Å². The lowest BCUT2D eigenvalue weighted by Crippen LogP contribution is -2.15. The molecule has 1 N–H and O–H groups in total. The first kappa shape index (κ1) is 16.1. The fourth-order valence-corrected chi connectivity index (χ4v) is 2.04. The monoisotopic (exact) mass is 270 g/mol. The Morgan fingerprint density at radius 2 is 1.95 bits per heavy atom. The summed E-state index contributed by atoms with van der Waals surface area (Å²) in [6, 6.07) is 0. The van der Waals surface area contributed by atoms with Crippen LogP contribution in [-0.2, 0) is 11.2 Å². The smallest absolute Gasteiger partial charge is 0.229 e. The standard InChI is InChI=1S/C14H26N2O3/c1-6-18-13(10(4)5)14-15-12(19-16-14)8-11(17)7-9(2)3/h9-11,13,17H,6-8H2,1-5H3. The number of nitrogens with zero attached hydrogens (tertiary/aromatic N) is 2. The fraction of sp³-hybridized carbons (Fsp3) is 0.857. The van der Waals surface area contributed by atoms with Gasteiger partial charge in [-0.25, -0.2) is 0 Å². The highest BCUT2D eigenvalue weighted by Crippen LogP contribution is 2.23. The number of hydrogen-bond donors (Lipinski definition) is 1. The predicted octanol–water partition coefficient (Wildman–Crippen LogP) is 2.75. The average Bonchev–Trinajstić information content (AvgIpc) is 2.72. The largest absolute Gasteiger partial charge is 0.393 e. The van der Waals surface area contributed by atoms with Crippen molar-refractivity contribution < 1.29 is 14.4 Å². The topological polar surface area (TPSA) is 68.4 Å². The van der Waals surface area contributed by atoms with Crippen LogP contribution in [0.15, 0.2) is 4.52 Å². The maximum Gasteiger partial charge on any atom is 0.229 e. The van der Waals surface area contributed by atoms with Gasteiger partial charge in [-0.3, -0.25) is 0 Å². The number of aromatic nitrogens is 2. The van der Waals surface area contributed by atoms with Gasteiger partial charge in [0.2, 0.25) is 11.7 Å². The summed E-state index contributed by atoms with van der Waals surface area (Å²) in [7, 11) is 0. The Hall–Kier alpha value is -0.940. The second-order valence-electron chi connectivity index (χ2n) is 5.65. The van der Waals surface area contributed by atoms with E-state index in [-0.39, 0.29) is 12.0 Å². The molecule has 1 aromatic heterocycles. The predicted molar refractivity (Wildman–Crippen MR) is 72.7 cm³/mol. The number of ether oxygens (including phenoxy) is 1. The minimum Gasteiger partial charge on any atom is -0.393 e.